The Bertz CT molecular complexity index is 1180. The van der Waals surface area contributed by atoms with Crippen LogP contribution in [-0.4, -0.2) is 23.8 Å². The Hall–Kier alpha value is -4.14. The summed E-state index contributed by atoms with van der Waals surface area (Å²) >= 11 is 0. The Morgan fingerprint density at radius 2 is 1.55 bits per heavy atom. The zero-order valence-electron chi connectivity index (χ0n) is 17.2. The molecule has 0 saturated carbocycles. The topological polar surface area (TPSA) is 73.8 Å². The largest absolute Gasteiger partial charge is 0.416 e. The number of guanidine groups is 1. The fourth-order valence-electron chi connectivity index (χ4n) is 3.36. The van der Waals surface area contributed by atoms with Crippen molar-refractivity contribution in [3.05, 3.63) is 90.5 Å². The van der Waals surface area contributed by atoms with Gasteiger partial charge in [0.2, 0.25) is 17.8 Å². The second kappa shape index (κ2) is 9.15. The number of para-hydroxylation sites is 2. The number of rotatable bonds is 4. The summed E-state index contributed by atoms with van der Waals surface area (Å²) in [7, 11) is 0. The van der Waals surface area contributed by atoms with E-state index in [9.17, 15) is 22.8 Å². The molecular weight excluding hydrogens is 433 g/mol. The van der Waals surface area contributed by atoms with Gasteiger partial charge in [0, 0.05) is 11.4 Å². The number of hydrogen-bond donors (Lipinski definition) is 2. The van der Waals surface area contributed by atoms with Crippen molar-refractivity contribution in [1.82, 2.24) is 0 Å². The van der Waals surface area contributed by atoms with E-state index in [1.165, 1.54) is 17.0 Å². The first-order valence-electron chi connectivity index (χ1n) is 10.1. The average Bonchev–Trinajstić information content (AvgIpc) is 2.80. The molecule has 1 aliphatic heterocycles. The maximum atomic E-state index is 13.0. The zero-order chi connectivity index (χ0) is 23.4. The number of hydrogen-bond acceptors (Lipinski definition) is 4. The van der Waals surface area contributed by atoms with Crippen molar-refractivity contribution < 1.29 is 22.8 Å². The van der Waals surface area contributed by atoms with Gasteiger partial charge in [0.1, 0.15) is 6.04 Å². The maximum Gasteiger partial charge on any atom is 0.416 e. The van der Waals surface area contributed by atoms with Gasteiger partial charge in [0.05, 0.1) is 17.7 Å². The lowest BCUT2D eigenvalue weighted by molar-refractivity contribution is -0.137. The standard InChI is InChI=1S/C24H19F3N4O2/c25-24(26,27)16-8-7-11-18(14-16)28-22(33)20-15-21(32)31(19-12-5-2-6-13-19)23(30-20)29-17-9-3-1-4-10-17/h1-14,20H,15H2,(H,28,33)(H,29,30). The van der Waals surface area contributed by atoms with Gasteiger partial charge in [-0.1, -0.05) is 42.5 Å². The van der Waals surface area contributed by atoms with Crippen LogP contribution in [0.1, 0.15) is 12.0 Å². The van der Waals surface area contributed by atoms with Gasteiger partial charge in [-0.25, -0.2) is 4.99 Å². The fourth-order valence-corrected chi connectivity index (χ4v) is 3.36. The summed E-state index contributed by atoms with van der Waals surface area (Å²) < 4.78 is 38.9. The van der Waals surface area contributed by atoms with Gasteiger partial charge < -0.3 is 10.6 Å². The normalized spacial score (nSPS) is 16.2. The summed E-state index contributed by atoms with van der Waals surface area (Å²) in [5, 5.41) is 5.50. The molecule has 0 saturated heterocycles. The maximum absolute atomic E-state index is 13.0. The van der Waals surface area contributed by atoms with Crippen molar-refractivity contribution >= 4 is 34.8 Å². The molecule has 4 rings (SSSR count). The third-order valence-corrected chi connectivity index (χ3v) is 4.91. The zero-order valence-corrected chi connectivity index (χ0v) is 17.2. The van der Waals surface area contributed by atoms with E-state index in [4.69, 9.17) is 0 Å². The number of nitrogens with zero attached hydrogens (tertiary/aromatic N) is 2. The van der Waals surface area contributed by atoms with Crippen molar-refractivity contribution in [3.8, 4) is 0 Å². The van der Waals surface area contributed by atoms with Gasteiger partial charge in [-0.05, 0) is 42.5 Å². The van der Waals surface area contributed by atoms with Crippen molar-refractivity contribution in [2.24, 2.45) is 4.99 Å². The summed E-state index contributed by atoms with van der Waals surface area (Å²) in [5.41, 5.74) is 0.316. The summed E-state index contributed by atoms with van der Waals surface area (Å²) in [6.07, 6.45) is -4.78. The van der Waals surface area contributed by atoms with Crippen LogP contribution < -0.4 is 15.5 Å². The first-order valence-corrected chi connectivity index (χ1v) is 10.1. The second-order valence-electron chi connectivity index (χ2n) is 7.30. The number of benzene rings is 3. The second-order valence-corrected chi connectivity index (χ2v) is 7.30. The number of amides is 2. The minimum atomic E-state index is -4.54. The number of alkyl halides is 3. The molecule has 0 aliphatic carbocycles. The van der Waals surface area contributed by atoms with Crippen LogP contribution in [0, 0.1) is 0 Å². The summed E-state index contributed by atoms with van der Waals surface area (Å²) in [5.74, 6) is -0.908. The van der Waals surface area contributed by atoms with E-state index in [1.807, 2.05) is 12.1 Å². The van der Waals surface area contributed by atoms with Crippen LogP contribution in [0.25, 0.3) is 0 Å². The van der Waals surface area contributed by atoms with Crippen LogP contribution in [0.4, 0.5) is 30.2 Å². The predicted octanol–water partition coefficient (Wildman–Crippen LogP) is 4.92. The number of nitrogens with one attached hydrogen (secondary N) is 2. The highest BCUT2D eigenvalue weighted by molar-refractivity contribution is 6.23. The van der Waals surface area contributed by atoms with Crippen molar-refractivity contribution in [2.75, 3.05) is 15.5 Å². The number of halogens is 3. The molecule has 2 amide bonds. The summed E-state index contributed by atoms with van der Waals surface area (Å²) in [4.78, 5) is 31.6. The highest BCUT2D eigenvalue weighted by Gasteiger charge is 2.34. The Kier molecular flexibility index (Phi) is 6.12. The quantitative estimate of drug-likeness (QED) is 0.590. The van der Waals surface area contributed by atoms with Gasteiger partial charge >= 0.3 is 6.18 Å². The lowest BCUT2D eigenvalue weighted by Crippen LogP contribution is -2.49. The molecule has 2 N–H and O–H groups in total. The molecule has 0 radical (unpaired) electrons. The Morgan fingerprint density at radius 1 is 0.909 bits per heavy atom. The van der Waals surface area contributed by atoms with E-state index in [1.54, 1.807) is 48.5 Å². The van der Waals surface area contributed by atoms with Gasteiger partial charge in [0.25, 0.3) is 0 Å². The van der Waals surface area contributed by atoms with Crippen LogP contribution in [0.15, 0.2) is 89.9 Å². The van der Waals surface area contributed by atoms with Crippen LogP contribution in [0.2, 0.25) is 0 Å². The van der Waals surface area contributed by atoms with E-state index in [2.05, 4.69) is 15.6 Å². The smallest absolute Gasteiger partial charge is 0.326 e. The molecule has 33 heavy (non-hydrogen) atoms. The number of aliphatic imine (C=N–C) groups is 1. The molecule has 0 spiro atoms. The molecule has 0 aromatic heterocycles. The number of carbonyl (C=O) groups excluding carboxylic acids is 2. The molecule has 6 nitrogen and oxygen atoms in total. The molecule has 1 aliphatic rings. The summed E-state index contributed by atoms with van der Waals surface area (Å²) in [6.45, 7) is 0. The Morgan fingerprint density at radius 3 is 2.21 bits per heavy atom. The van der Waals surface area contributed by atoms with Gasteiger partial charge in [-0.3, -0.25) is 14.5 Å². The minimum Gasteiger partial charge on any atom is -0.326 e. The van der Waals surface area contributed by atoms with Gasteiger partial charge in [-0.2, -0.15) is 13.2 Å². The molecule has 0 fully saturated rings. The van der Waals surface area contributed by atoms with Crippen LogP contribution in [0.3, 0.4) is 0 Å². The molecule has 1 atom stereocenters. The third-order valence-electron chi connectivity index (χ3n) is 4.91. The first kappa shape index (κ1) is 22.1. The van der Waals surface area contributed by atoms with Crippen LogP contribution in [-0.2, 0) is 15.8 Å². The monoisotopic (exact) mass is 452 g/mol. The number of anilines is 3. The number of carbonyl (C=O) groups is 2. The van der Waals surface area contributed by atoms with E-state index >= 15 is 0 Å². The van der Waals surface area contributed by atoms with Crippen molar-refractivity contribution in [3.63, 3.8) is 0 Å². The minimum absolute atomic E-state index is 0.0273. The van der Waals surface area contributed by atoms with Crippen molar-refractivity contribution in [2.45, 2.75) is 18.6 Å². The van der Waals surface area contributed by atoms with E-state index < -0.39 is 23.7 Å². The molecule has 0 bridgehead atoms. The van der Waals surface area contributed by atoms with Crippen molar-refractivity contribution in [1.29, 1.82) is 0 Å². The van der Waals surface area contributed by atoms with Gasteiger partial charge in [-0.15, -0.1) is 0 Å². The molecule has 3 aromatic rings. The molecule has 9 heteroatoms. The highest BCUT2D eigenvalue weighted by Crippen LogP contribution is 2.31. The predicted molar refractivity (Wildman–Crippen MR) is 120 cm³/mol. The molecular formula is C24H19F3N4O2. The van der Waals surface area contributed by atoms with E-state index in [0.29, 0.717) is 11.4 Å². The fraction of sp³-hybridized carbons (Fsp3) is 0.125. The lowest BCUT2D eigenvalue weighted by atomic mass is 10.1. The van der Waals surface area contributed by atoms with E-state index in [-0.39, 0.29) is 24.0 Å². The summed E-state index contributed by atoms with van der Waals surface area (Å²) in [6, 6.07) is 21.0. The molecule has 1 unspecified atom stereocenters. The van der Waals surface area contributed by atoms with Crippen LogP contribution >= 0.6 is 0 Å². The Labute approximate surface area is 187 Å². The molecule has 3 aromatic carbocycles. The van der Waals surface area contributed by atoms with E-state index in [0.717, 1.165) is 12.1 Å². The lowest BCUT2D eigenvalue weighted by Gasteiger charge is -2.31. The first-order chi connectivity index (χ1) is 15.8. The highest BCUT2D eigenvalue weighted by atomic mass is 19.4. The van der Waals surface area contributed by atoms with Gasteiger partial charge in [0.15, 0.2) is 0 Å². The SMILES string of the molecule is O=C(Nc1cccc(C(F)(F)F)c1)C1CC(=O)N(c2ccccc2)C(Nc2ccccc2)=N1. The Balaban J connectivity index is 1.62. The van der Waals surface area contributed by atoms with Crippen LogP contribution in [0.5, 0.6) is 0 Å². The average molecular weight is 452 g/mol. The molecule has 168 valence electrons. The third kappa shape index (κ3) is 5.20. The molecule has 1 heterocycles.